The Morgan fingerprint density at radius 3 is 2.19 bits per heavy atom. The second-order valence-electron chi connectivity index (χ2n) is 8.65. The van der Waals surface area contributed by atoms with Crippen LogP contribution in [-0.4, -0.2) is 41.4 Å². The van der Waals surface area contributed by atoms with E-state index in [1.807, 2.05) is 39.0 Å². The summed E-state index contributed by atoms with van der Waals surface area (Å²) in [7, 11) is 0. The molecule has 1 N–H and O–H groups in total. The minimum atomic E-state index is -0.847. The molecular formula is C19H26BrClN2O4. The lowest BCUT2D eigenvalue weighted by Gasteiger charge is -2.50. The molecule has 0 aliphatic carbocycles. The van der Waals surface area contributed by atoms with E-state index in [1.54, 1.807) is 20.8 Å². The summed E-state index contributed by atoms with van der Waals surface area (Å²) in [5.41, 5.74) is -1.37. The van der Waals surface area contributed by atoms with Gasteiger partial charge in [-0.05, 0) is 63.5 Å². The van der Waals surface area contributed by atoms with Crippen LogP contribution in [0.4, 0.5) is 9.59 Å². The lowest BCUT2D eigenvalue weighted by molar-refractivity contribution is -0.0229. The number of amides is 2. The first-order valence-corrected chi connectivity index (χ1v) is 9.83. The van der Waals surface area contributed by atoms with Crippen molar-refractivity contribution in [3.8, 4) is 0 Å². The highest BCUT2D eigenvalue weighted by Gasteiger charge is 2.50. The molecule has 1 aliphatic rings. The fourth-order valence-electron chi connectivity index (χ4n) is 2.75. The van der Waals surface area contributed by atoms with E-state index >= 15 is 0 Å². The average Bonchev–Trinajstić information content (AvgIpc) is 2.41. The maximum atomic E-state index is 12.4. The van der Waals surface area contributed by atoms with Crippen LogP contribution >= 0.6 is 27.5 Å². The molecule has 0 saturated carbocycles. The molecule has 1 heterocycles. The van der Waals surface area contributed by atoms with Crippen LogP contribution in [-0.2, 0) is 15.0 Å². The molecule has 1 fully saturated rings. The van der Waals surface area contributed by atoms with Crippen molar-refractivity contribution in [3.63, 3.8) is 0 Å². The normalized spacial score (nSPS) is 16.4. The number of hydrogen-bond acceptors (Lipinski definition) is 4. The van der Waals surface area contributed by atoms with Gasteiger partial charge in [0.2, 0.25) is 0 Å². The van der Waals surface area contributed by atoms with E-state index in [0.29, 0.717) is 15.1 Å². The molecule has 0 aromatic heterocycles. The van der Waals surface area contributed by atoms with Gasteiger partial charge in [-0.15, -0.1) is 0 Å². The number of carbonyl (C=O) groups is 2. The van der Waals surface area contributed by atoms with E-state index in [2.05, 4.69) is 21.2 Å². The van der Waals surface area contributed by atoms with Gasteiger partial charge in [0.1, 0.15) is 16.7 Å². The number of benzene rings is 1. The Kier molecular flexibility index (Phi) is 6.07. The molecule has 0 bridgehead atoms. The number of hydrogen-bond donors (Lipinski definition) is 1. The second kappa shape index (κ2) is 7.51. The average molecular weight is 462 g/mol. The summed E-state index contributed by atoms with van der Waals surface area (Å²) in [5.74, 6) is 0. The number of rotatable bonds is 2. The highest BCUT2D eigenvalue weighted by Crippen LogP contribution is 2.40. The largest absolute Gasteiger partial charge is 0.444 e. The topological polar surface area (TPSA) is 67.9 Å². The fourth-order valence-corrected chi connectivity index (χ4v) is 3.42. The first-order chi connectivity index (χ1) is 12.2. The molecule has 1 saturated heterocycles. The van der Waals surface area contributed by atoms with Crippen LogP contribution in [0.5, 0.6) is 0 Å². The maximum absolute atomic E-state index is 12.4. The van der Waals surface area contributed by atoms with Crippen LogP contribution in [0.25, 0.3) is 0 Å². The minimum Gasteiger partial charge on any atom is -0.444 e. The Balaban J connectivity index is 2.26. The van der Waals surface area contributed by atoms with E-state index in [0.717, 1.165) is 0 Å². The lowest BCUT2D eigenvalue weighted by Crippen LogP contribution is -2.69. The summed E-state index contributed by atoms with van der Waals surface area (Å²) >= 11 is 9.88. The van der Waals surface area contributed by atoms with Gasteiger partial charge in [0.05, 0.1) is 18.1 Å². The van der Waals surface area contributed by atoms with Gasteiger partial charge in [-0.3, -0.25) is 0 Å². The Morgan fingerprint density at radius 1 is 1.11 bits per heavy atom. The molecule has 1 aromatic rings. The van der Waals surface area contributed by atoms with Gasteiger partial charge in [0, 0.05) is 10.0 Å². The van der Waals surface area contributed by atoms with Crippen molar-refractivity contribution in [2.75, 3.05) is 13.1 Å². The van der Waals surface area contributed by atoms with Gasteiger partial charge in [-0.2, -0.15) is 0 Å². The van der Waals surface area contributed by atoms with Crippen LogP contribution in [0, 0.1) is 0 Å². The summed E-state index contributed by atoms with van der Waals surface area (Å²) in [4.78, 5) is 26.3. The molecular weight excluding hydrogens is 436 g/mol. The molecule has 0 unspecified atom stereocenters. The maximum Gasteiger partial charge on any atom is 0.410 e. The number of ether oxygens (including phenoxy) is 2. The summed E-state index contributed by atoms with van der Waals surface area (Å²) in [6.07, 6.45) is -1.00. The third-order valence-corrected chi connectivity index (χ3v) is 5.08. The zero-order chi connectivity index (χ0) is 20.6. The monoisotopic (exact) mass is 460 g/mol. The van der Waals surface area contributed by atoms with E-state index in [4.69, 9.17) is 21.1 Å². The zero-order valence-corrected chi connectivity index (χ0v) is 18.8. The Morgan fingerprint density at radius 2 is 1.67 bits per heavy atom. The molecule has 6 nitrogen and oxygen atoms in total. The van der Waals surface area contributed by atoms with Crippen molar-refractivity contribution in [3.05, 3.63) is 33.3 Å². The molecule has 0 atom stereocenters. The van der Waals surface area contributed by atoms with Crippen molar-refractivity contribution in [1.82, 2.24) is 10.2 Å². The molecule has 0 radical (unpaired) electrons. The molecule has 2 rings (SSSR count). The number of halogens is 2. The molecule has 2 amide bonds. The molecule has 27 heavy (non-hydrogen) atoms. The van der Waals surface area contributed by atoms with Gasteiger partial charge in [0.25, 0.3) is 0 Å². The van der Waals surface area contributed by atoms with Crippen LogP contribution in [0.3, 0.4) is 0 Å². The summed E-state index contributed by atoms with van der Waals surface area (Å²) in [6.45, 7) is 11.3. The highest BCUT2D eigenvalue weighted by atomic mass is 79.9. The standard InChI is InChI=1S/C19H26BrClN2O4/c1-17(2,3)26-15(24)22-19(12-8-7-9-13(20)14(12)21)10-23(11-19)16(25)27-18(4,5)6/h7-9H,10-11H2,1-6H3,(H,22,24). The van der Waals surface area contributed by atoms with E-state index in [-0.39, 0.29) is 13.1 Å². The number of alkyl carbamates (subject to hydrolysis) is 1. The number of nitrogens with one attached hydrogen (secondary N) is 1. The first kappa shape index (κ1) is 21.8. The second-order valence-corrected chi connectivity index (χ2v) is 9.88. The summed E-state index contributed by atoms with van der Waals surface area (Å²) in [5, 5.41) is 3.39. The Labute approximate surface area is 173 Å². The predicted octanol–water partition coefficient (Wildman–Crippen LogP) is 5.07. The van der Waals surface area contributed by atoms with Gasteiger partial charge >= 0.3 is 12.2 Å². The van der Waals surface area contributed by atoms with Gasteiger partial charge in [-0.1, -0.05) is 23.7 Å². The van der Waals surface area contributed by atoms with Gasteiger partial charge in [0.15, 0.2) is 0 Å². The van der Waals surface area contributed by atoms with Crippen LogP contribution in [0.1, 0.15) is 47.1 Å². The third-order valence-electron chi connectivity index (χ3n) is 3.78. The summed E-state index contributed by atoms with van der Waals surface area (Å²) < 4.78 is 11.5. The van der Waals surface area contributed by atoms with Crippen LogP contribution < -0.4 is 5.32 Å². The van der Waals surface area contributed by atoms with Crippen molar-refractivity contribution < 1.29 is 19.1 Å². The van der Waals surface area contributed by atoms with Gasteiger partial charge < -0.3 is 19.7 Å². The van der Waals surface area contributed by atoms with E-state index in [9.17, 15) is 9.59 Å². The third kappa shape index (κ3) is 5.51. The molecule has 8 heteroatoms. The Bertz CT molecular complexity index is 734. The number of carbonyl (C=O) groups excluding carboxylic acids is 2. The lowest BCUT2D eigenvalue weighted by atomic mass is 9.82. The molecule has 150 valence electrons. The highest BCUT2D eigenvalue weighted by molar-refractivity contribution is 9.10. The Hall–Kier alpha value is -1.47. The van der Waals surface area contributed by atoms with Crippen molar-refractivity contribution >= 4 is 39.7 Å². The van der Waals surface area contributed by atoms with Crippen molar-refractivity contribution in [2.45, 2.75) is 58.3 Å². The first-order valence-electron chi connectivity index (χ1n) is 8.66. The quantitative estimate of drug-likeness (QED) is 0.667. The van der Waals surface area contributed by atoms with Crippen LogP contribution in [0.2, 0.25) is 5.02 Å². The van der Waals surface area contributed by atoms with Crippen LogP contribution in [0.15, 0.2) is 22.7 Å². The van der Waals surface area contributed by atoms with Crippen molar-refractivity contribution in [1.29, 1.82) is 0 Å². The number of likely N-dealkylation sites (tertiary alicyclic amines) is 1. The van der Waals surface area contributed by atoms with Crippen molar-refractivity contribution in [2.24, 2.45) is 0 Å². The van der Waals surface area contributed by atoms with E-state index < -0.39 is 28.9 Å². The SMILES string of the molecule is CC(C)(C)OC(=O)NC1(c2cccc(Br)c2Cl)CN(C(=O)OC(C)(C)C)C1. The van der Waals surface area contributed by atoms with Gasteiger partial charge in [-0.25, -0.2) is 9.59 Å². The molecule has 0 spiro atoms. The van der Waals surface area contributed by atoms with E-state index in [1.165, 1.54) is 4.90 Å². The number of nitrogens with zero attached hydrogens (tertiary/aromatic N) is 1. The predicted molar refractivity (Wildman–Crippen MR) is 108 cm³/mol. The minimum absolute atomic E-state index is 0.233. The smallest absolute Gasteiger partial charge is 0.410 e. The molecule has 1 aromatic carbocycles. The fraction of sp³-hybridized carbons (Fsp3) is 0.579. The molecule has 1 aliphatic heterocycles. The zero-order valence-electron chi connectivity index (χ0n) is 16.5. The summed E-state index contributed by atoms with van der Waals surface area (Å²) in [6, 6.07) is 5.48.